The Balaban J connectivity index is 1.69. The molecule has 0 bridgehead atoms. The van der Waals surface area contributed by atoms with Gasteiger partial charge in [0.25, 0.3) is 0 Å². The number of rotatable bonds is 7. The molecule has 32 heavy (non-hydrogen) atoms. The largest absolute Gasteiger partial charge is 0.464 e. The molecule has 1 aromatic carbocycles. The van der Waals surface area contributed by atoms with Crippen molar-refractivity contribution in [3.8, 4) is 0 Å². The fraction of sp³-hybridized carbons (Fsp3) is 0.524. The topological polar surface area (TPSA) is 89.4 Å². The highest BCUT2D eigenvalue weighted by atomic mass is 19.4. The first-order valence-corrected chi connectivity index (χ1v) is 10.3. The van der Waals surface area contributed by atoms with E-state index in [1.807, 2.05) is 18.7 Å². The second-order valence-corrected chi connectivity index (χ2v) is 8.24. The highest BCUT2D eigenvalue weighted by Crippen LogP contribution is 2.30. The minimum absolute atomic E-state index is 0.00471. The number of carbonyl (C=O) groups excluding carboxylic acids is 2. The zero-order chi connectivity index (χ0) is 23.5. The number of benzene rings is 1. The quantitative estimate of drug-likeness (QED) is 0.649. The van der Waals surface area contributed by atoms with Crippen LogP contribution < -0.4 is 5.32 Å². The summed E-state index contributed by atoms with van der Waals surface area (Å²) in [5, 5.41) is 10.6. The molecule has 1 N–H and O–H groups in total. The molecule has 1 fully saturated rings. The van der Waals surface area contributed by atoms with Crippen molar-refractivity contribution in [2.75, 3.05) is 20.2 Å². The Bertz CT molecular complexity index is 960. The SMILES string of the molecule is COC(=O)c1cn([C@@H]2C[C@@H](C(=O)NCc3cccc(C(F)(F)F)c3)N(CC(C)C)C2)nn1. The van der Waals surface area contributed by atoms with E-state index < -0.39 is 23.8 Å². The molecule has 0 spiro atoms. The van der Waals surface area contributed by atoms with E-state index in [0.29, 0.717) is 31.0 Å². The van der Waals surface area contributed by atoms with Crippen molar-refractivity contribution in [1.82, 2.24) is 25.2 Å². The van der Waals surface area contributed by atoms with Crippen LogP contribution in [0, 0.1) is 5.92 Å². The summed E-state index contributed by atoms with van der Waals surface area (Å²) in [5.41, 5.74) is -0.295. The van der Waals surface area contributed by atoms with Gasteiger partial charge in [-0.3, -0.25) is 9.69 Å². The standard InChI is InChI=1S/C21H26F3N5O3/c1-13(2)10-28-11-16(29-12-17(26-27-29)20(31)32-3)8-18(28)19(30)25-9-14-5-4-6-15(7-14)21(22,23)24/h4-7,12-13,16,18H,8-11H2,1-3H3,(H,25,30)/t16-,18+/m1/s1. The lowest BCUT2D eigenvalue weighted by molar-refractivity contribution is -0.137. The predicted molar refractivity (Wildman–Crippen MR) is 109 cm³/mol. The summed E-state index contributed by atoms with van der Waals surface area (Å²) in [6.45, 7) is 5.27. The van der Waals surface area contributed by atoms with Gasteiger partial charge in [-0.15, -0.1) is 5.10 Å². The first-order chi connectivity index (χ1) is 15.1. The van der Waals surface area contributed by atoms with E-state index in [2.05, 4.69) is 20.4 Å². The van der Waals surface area contributed by atoms with Gasteiger partial charge in [0, 0.05) is 19.6 Å². The zero-order valence-corrected chi connectivity index (χ0v) is 18.1. The minimum atomic E-state index is -4.44. The van der Waals surface area contributed by atoms with Crippen molar-refractivity contribution in [2.24, 2.45) is 5.92 Å². The number of carbonyl (C=O) groups is 2. The smallest absolute Gasteiger partial charge is 0.416 e. The molecule has 1 aromatic heterocycles. The van der Waals surface area contributed by atoms with Gasteiger partial charge >= 0.3 is 12.1 Å². The molecular weight excluding hydrogens is 427 g/mol. The van der Waals surface area contributed by atoms with Crippen LogP contribution in [0.1, 0.15) is 47.9 Å². The van der Waals surface area contributed by atoms with Crippen molar-refractivity contribution in [1.29, 1.82) is 0 Å². The second kappa shape index (κ2) is 9.68. The van der Waals surface area contributed by atoms with Crippen LogP contribution in [0.2, 0.25) is 0 Å². The maximum atomic E-state index is 12.9. The fourth-order valence-electron chi connectivity index (χ4n) is 3.83. The van der Waals surface area contributed by atoms with E-state index in [9.17, 15) is 22.8 Å². The molecule has 8 nitrogen and oxygen atoms in total. The molecule has 1 aliphatic rings. The van der Waals surface area contributed by atoms with Gasteiger partial charge in [-0.25, -0.2) is 9.48 Å². The van der Waals surface area contributed by atoms with E-state index in [-0.39, 0.29) is 24.2 Å². The average Bonchev–Trinajstić information content (AvgIpc) is 3.38. The number of alkyl halides is 3. The van der Waals surface area contributed by atoms with E-state index in [1.54, 1.807) is 10.7 Å². The molecule has 1 aliphatic heterocycles. The third kappa shape index (κ3) is 5.64. The van der Waals surface area contributed by atoms with E-state index in [1.165, 1.54) is 19.4 Å². The third-order valence-electron chi connectivity index (χ3n) is 5.28. The van der Waals surface area contributed by atoms with Crippen LogP contribution in [-0.4, -0.2) is 58.0 Å². The van der Waals surface area contributed by atoms with Crippen molar-refractivity contribution in [3.05, 3.63) is 47.3 Å². The van der Waals surface area contributed by atoms with Crippen molar-refractivity contribution in [2.45, 2.75) is 45.1 Å². The van der Waals surface area contributed by atoms with Crippen LogP contribution in [-0.2, 0) is 22.3 Å². The summed E-state index contributed by atoms with van der Waals surface area (Å²) in [6.07, 6.45) is -2.51. The van der Waals surface area contributed by atoms with Crippen LogP contribution in [0.4, 0.5) is 13.2 Å². The van der Waals surface area contributed by atoms with Crippen molar-refractivity contribution in [3.63, 3.8) is 0 Å². The maximum absolute atomic E-state index is 12.9. The van der Waals surface area contributed by atoms with Crippen LogP contribution in [0.25, 0.3) is 0 Å². The summed E-state index contributed by atoms with van der Waals surface area (Å²) < 4.78 is 45.0. The Labute approximate surface area is 183 Å². The van der Waals surface area contributed by atoms with Crippen LogP contribution in [0.15, 0.2) is 30.5 Å². The Kier molecular flexibility index (Phi) is 7.17. The number of amides is 1. The van der Waals surface area contributed by atoms with Crippen LogP contribution >= 0.6 is 0 Å². The Morgan fingerprint density at radius 2 is 2.06 bits per heavy atom. The maximum Gasteiger partial charge on any atom is 0.416 e. The molecule has 2 aromatic rings. The molecular formula is C21H26F3N5O3. The van der Waals surface area contributed by atoms with E-state index in [0.717, 1.165) is 12.1 Å². The van der Waals surface area contributed by atoms with Crippen LogP contribution in [0.5, 0.6) is 0 Å². The van der Waals surface area contributed by atoms with Gasteiger partial charge in [-0.1, -0.05) is 31.2 Å². The number of hydrogen-bond acceptors (Lipinski definition) is 6. The van der Waals surface area contributed by atoms with Gasteiger partial charge in [0.2, 0.25) is 5.91 Å². The Morgan fingerprint density at radius 3 is 2.72 bits per heavy atom. The van der Waals surface area contributed by atoms with E-state index >= 15 is 0 Å². The number of halogens is 3. The number of methoxy groups -OCH3 is 1. The number of nitrogens with zero attached hydrogens (tertiary/aromatic N) is 4. The number of likely N-dealkylation sites (tertiary alicyclic amines) is 1. The highest BCUT2D eigenvalue weighted by molar-refractivity contribution is 5.86. The van der Waals surface area contributed by atoms with Crippen LogP contribution in [0.3, 0.4) is 0 Å². The summed E-state index contributed by atoms with van der Waals surface area (Å²) in [5.74, 6) is -0.559. The highest BCUT2D eigenvalue weighted by Gasteiger charge is 2.38. The monoisotopic (exact) mass is 453 g/mol. The third-order valence-corrected chi connectivity index (χ3v) is 5.28. The van der Waals surface area contributed by atoms with Gasteiger partial charge in [0.15, 0.2) is 5.69 Å². The summed E-state index contributed by atoms with van der Waals surface area (Å²) in [6, 6.07) is 4.25. The minimum Gasteiger partial charge on any atom is -0.464 e. The molecule has 0 aliphatic carbocycles. The molecule has 2 heterocycles. The lowest BCUT2D eigenvalue weighted by Gasteiger charge is -2.25. The molecule has 174 valence electrons. The number of esters is 1. The lowest BCUT2D eigenvalue weighted by Crippen LogP contribution is -2.44. The molecule has 11 heteroatoms. The molecule has 1 saturated heterocycles. The number of ether oxygens (including phenoxy) is 1. The molecule has 0 radical (unpaired) electrons. The Hall–Kier alpha value is -2.95. The molecule has 0 saturated carbocycles. The number of aromatic nitrogens is 3. The summed E-state index contributed by atoms with van der Waals surface area (Å²) in [4.78, 5) is 26.6. The average molecular weight is 453 g/mol. The number of hydrogen-bond donors (Lipinski definition) is 1. The summed E-state index contributed by atoms with van der Waals surface area (Å²) in [7, 11) is 1.26. The van der Waals surface area contributed by atoms with Gasteiger partial charge in [-0.05, 0) is 30.0 Å². The predicted octanol–water partition coefficient (Wildman–Crippen LogP) is 2.67. The normalized spacial score (nSPS) is 19.3. The number of nitrogens with one attached hydrogen (secondary N) is 1. The van der Waals surface area contributed by atoms with E-state index in [4.69, 9.17) is 0 Å². The van der Waals surface area contributed by atoms with Gasteiger partial charge in [0.05, 0.1) is 31.0 Å². The first-order valence-electron chi connectivity index (χ1n) is 10.3. The van der Waals surface area contributed by atoms with Crippen molar-refractivity contribution >= 4 is 11.9 Å². The fourth-order valence-corrected chi connectivity index (χ4v) is 3.83. The second-order valence-electron chi connectivity index (χ2n) is 8.24. The Morgan fingerprint density at radius 1 is 1.31 bits per heavy atom. The van der Waals surface area contributed by atoms with Crippen molar-refractivity contribution < 1.29 is 27.5 Å². The lowest BCUT2D eigenvalue weighted by atomic mass is 10.1. The molecule has 1 amide bonds. The molecule has 2 atom stereocenters. The van der Waals surface area contributed by atoms with Gasteiger partial charge in [0.1, 0.15) is 0 Å². The first kappa shape index (κ1) is 23.7. The van der Waals surface area contributed by atoms with Gasteiger partial charge in [-0.2, -0.15) is 13.2 Å². The summed E-state index contributed by atoms with van der Waals surface area (Å²) >= 11 is 0. The molecule has 0 unspecified atom stereocenters. The molecule has 3 rings (SSSR count). The zero-order valence-electron chi connectivity index (χ0n) is 18.1. The van der Waals surface area contributed by atoms with Gasteiger partial charge < -0.3 is 10.1 Å².